The van der Waals surface area contributed by atoms with Gasteiger partial charge in [-0.2, -0.15) is 0 Å². The highest BCUT2D eigenvalue weighted by Gasteiger charge is 2.05. The first-order valence-electron chi connectivity index (χ1n) is 8.01. The molecule has 0 aliphatic heterocycles. The highest BCUT2D eigenvalue weighted by molar-refractivity contribution is 14.0. The van der Waals surface area contributed by atoms with Crippen molar-refractivity contribution in [3.63, 3.8) is 0 Å². The third-order valence-electron chi connectivity index (χ3n) is 3.82. The van der Waals surface area contributed by atoms with E-state index in [-0.39, 0.29) is 29.8 Å². The van der Waals surface area contributed by atoms with Crippen LogP contribution in [-0.4, -0.2) is 22.6 Å². The molecule has 0 unspecified atom stereocenters. The van der Waals surface area contributed by atoms with Crippen LogP contribution in [0, 0.1) is 5.82 Å². The number of para-hydroxylation sites is 1. The minimum atomic E-state index is -0.234. The number of imidazole rings is 1. The van der Waals surface area contributed by atoms with Gasteiger partial charge in [0.1, 0.15) is 5.82 Å². The summed E-state index contributed by atoms with van der Waals surface area (Å²) in [6, 6.07) is 14.5. The van der Waals surface area contributed by atoms with Gasteiger partial charge in [0.05, 0.1) is 12.0 Å². The molecule has 1 heterocycles. The second kappa shape index (κ2) is 9.91. The van der Waals surface area contributed by atoms with Gasteiger partial charge >= 0.3 is 0 Å². The molecule has 0 saturated heterocycles. The fourth-order valence-corrected chi connectivity index (χ4v) is 2.50. The van der Waals surface area contributed by atoms with Crippen molar-refractivity contribution < 1.29 is 4.39 Å². The Balaban J connectivity index is 0.00000243. The number of hydrogen-bond acceptors (Lipinski definition) is 2. The number of nitrogens with zero attached hydrogens (tertiary/aromatic N) is 3. The molecule has 2 N–H and O–H groups in total. The topological polar surface area (TPSA) is 54.2 Å². The van der Waals surface area contributed by atoms with E-state index in [1.54, 1.807) is 31.7 Å². The average Bonchev–Trinajstić information content (AvgIpc) is 3.18. The maximum atomic E-state index is 13.0. The summed E-state index contributed by atoms with van der Waals surface area (Å²) in [5.74, 6) is 0.451. The van der Waals surface area contributed by atoms with E-state index in [1.165, 1.54) is 12.1 Å². The molecule has 7 heteroatoms. The van der Waals surface area contributed by atoms with Gasteiger partial charge in [0.2, 0.25) is 0 Å². The Morgan fingerprint density at radius 3 is 2.50 bits per heavy atom. The minimum absolute atomic E-state index is 0. The fraction of sp³-hybridized carbons (Fsp3) is 0.158. The first kappa shape index (κ1) is 19.9. The van der Waals surface area contributed by atoms with E-state index in [9.17, 15) is 4.39 Å². The molecule has 0 aliphatic rings. The van der Waals surface area contributed by atoms with Gasteiger partial charge in [-0.05, 0) is 29.3 Å². The van der Waals surface area contributed by atoms with Crippen molar-refractivity contribution in [2.45, 2.75) is 13.1 Å². The molecule has 0 spiro atoms. The lowest BCUT2D eigenvalue weighted by molar-refractivity contribution is 0.626. The summed E-state index contributed by atoms with van der Waals surface area (Å²) in [7, 11) is 1.72. The van der Waals surface area contributed by atoms with E-state index in [4.69, 9.17) is 0 Å². The summed E-state index contributed by atoms with van der Waals surface area (Å²) >= 11 is 0. The number of aromatic nitrogens is 2. The van der Waals surface area contributed by atoms with Crippen LogP contribution in [0.2, 0.25) is 0 Å². The normalized spacial score (nSPS) is 10.9. The van der Waals surface area contributed by atoms with Crippen LogP contribution >= 0.6 is 24.0 Å². The Morgan fingerprint density at radius 2 is 1.81 bits per heavy atom. The van der Waals surface area contributed by atoms with Gasteiger partial charge in [-0.3, -0.25) is 4.99 Å². The van der Waals surface area contributed by atoms with E-state index in [0.29, 0.717) is 19.0 Å². The summed E-state index contributed by atoms with van der Waals surface area (Å²) in [5.41, 5.74) is 3.19. The predicted octanol–water partition coefficient (Wildman–Crippen LogP) is 3.49. The van der Waals surface area contributed by atoms with Crippen LogP contribution in [0.4, 0.5) is 4.39 Å². The van der Waals surface area contributed by atoms with Gasteiger partial charge in [-0.15, -0.1) is 24.0 Å². The van der Waals surface area contributed by atoms with E-state index < -0.39 is 0 Å². The van der Waals surface area contributed by atoms with Crippen molar-refractivity contribution in [1.82, 2.24) is 20.2 Å². The lowest BCUT2D eigenvalue weighted by atomic mass is 10.1. The summed E-state index contributed by atoms with van der Waals surface area (Å²) < 4.78 is 14.9. The molecular formula is C19H21FIN5. The zero-order chi connectivity index (χ0) is 17.5. The van der Waals surface area contributed by atoms with Crippen LogP contribution in [0.1, 0.15) is 11.1 Å². The van der Waals surface area contributed by atoms with Crippen molar-refractivity contribution in [1.29, 1.82) is 0 Å². The Morgan fingerprint density at radius 1 is 1.08 bits per heavy atom. The molecule has 0 radical (unpaired) electrons. The third-order valence-corrected chi connectivity index (χ3v) is 3.82. The summed E-state index contributed by atoms with van der Waals surface area (Å²) in [5, 5.41) is 6.53. The van der Waals surface area contributed by atoms with Crippen molar-refractivity contribution >= 4 is 29.9 Å². The lowest BCUT2D eigenvalue weighted by Crippen LogP contribution is -2.36. The molecule has 0 bridgehead atoms. The van der Waals surface area contributed by atoms with Crippen LogP contribution in [0.25, 0.3) is 5.69 Å². The number of nitrogens with one attached hydrogen (secondary N) is 2. The average molecular weight is 465 g/mol. The molecular weight excluding hydrogens is 444 g/mol. The molecule has 0 fully saturated rings. The second-order valence-corrected chi connectivity index (χ2v) is 5.50. The van der Waals surface area contributed by atoms with Gasteiger partial charge < -0.3 is 15.2 Å². The van der Waals surface area contributed by atoms with E-state index in [2.05, 4.69) is 26.7 Å². The number of halogens is 2. The van der Waals surface area contributed by atoms with Gasteiger partial charge in [-0.1, -0.05) is 30.3 Å². The van der Waals surface area contributed by atoms with Gasteiger partial charge in [0, 0.05) is 32.5 Å². The molecule has 0 aliphatic carbocycles. The SMILES string of the molecule is CN=C(NCc1ccc(F)cc1)NCc1ccccc1-n1ccnc1.I. The van der Waals surface area contributed by atoms with Crippen molar-refractivity contribution in [3.05, 3.63) is 84.2 Å². The summed E-state index contributed by atoms with van der Waals surface area (Å²) in [6.45, 7) is 1.20. The number of aliphatic imine (C=N–C) groups is 1. The first-order chi connectivity index (χ1) is 12.3. The van der Waals surface area contributed by atoms with Crippen LogP contribution in [0.15, 0.2) is 72.2 Å². The molecule has 1 aromatic heterocycles. The van der Waals surface area contributed by atoms with Gasteiger partial charge in [-0.25, -0.2) is 9.37 Å². The zero-order valence-electron chi connectivity index (χ0n) is 14.4. The van der Waals surface area contributed by atoms with E-state index in [1.807, 2.05) is 29.0 Å². The number of guanidine groups is 1. The van der Waals surface area contributed by atoms with Gasteiger partial charge in [0.15, 0.2) is 5.96 Å². The summed E-state index contributed by atoms with van der Waals surface area (Å²) in [4.78, 5) is 8.33. The Hall–Kier alpha value is -2.42. The lowest BCUT2D eigenvalue weighted by Gasteiger charge is -2.14. The second-order valence-electron chi connectivity index (χ2n) is 5.50. The Labute approximate surface area is 169 Å². The van der Waals surface area contributed by atoms with Crippen LogP contribution in [0.5, 0.6) is 0 Å². The fourth-order valence-electron chi connectivity index (χ4n) is 2.50. The molecule has 0 amide bonds. The molecule has 5 nitrogen and oxygen atoms in total. The molecule has 2 aromatic carbocycles. The molecule has 3 rings (SSSR count). The monoisotopic (exact) mass is 465 g/mol. The number of hydrogen-bond donors (Lipinski definition) is 2. The van der Waals surface area contributed by atoms with E-state index >= 15 is 0 Å². The number of rotatable bonds is 5. The summed E-state index contributed by atoms with van der Waals surface area (Å²) in [6.07, 6.45) is 5.45. The molecule has 26 heavy (non-hydrogen) atoms. The highest BCUT2D eigenvalue weighted by Crippen LogP contribution is 2.13. The quantitative estimate of drug-likeness (QED) is 0.345. The largest absolute Gasteiger partial charge is 0.352 e. The molecule has 136 valence electrons. The Kier molecular flexibility index (Phi) is 7.58. The predicted molar refractivity (Wildman–Crippen MR) is 112 cm³/mol. The zero-order valence-corrected chi connectivity index (χ0v) is 16.7. The Bertz CT molecular complexity index is 831. The first-order valence-corrected chi connectivity index (χ1v) is 8.01. The number of benzene rings is 2. The smallest absolute Gasteiger partial charge is 0.191 e. The van der Waals surface area contributed by atoms with Crippen molar-refractivity contribution in [2.75, 3.05) is 7.05 Å². The molecule has 0 atom stereocenters. The van der Waals surface area contributed by atoms with Gasteiger partial charge in [0.25, 0.3) is 0 Å². The van der Waals surface area contributed by atoms with Crippen LogP contribution in [0.3, 0.4) is 0 Å². The standard InChI is InChI=1S/C19H20FN5.HI/c1-21-19(23-12-15-6-8-17(20)9-7-15)24-13-16-4-2-3-5-18(16)25-11-10-22-14-25;/h2-11,14H,12-13H2,1H3,(H2,21,23,24);1H. The maximum Gasteiger partial charge on any atom is 0.191 e. The van der Waals surface area contributed by atoms with Crippen molar-refractivity contribution in [3.8, 4) is 5.69 Å². The maximum absolute atomic E-state index is 13.0. The molecule has 3 aromatic rings. The van der Waals surface area contributed by atoms with Crippen LogP contribution in [-0.2, 0) is 13.1 Å². The van der Waals surface area contributed by atoms with Crippen LogP contribution < -0.4 is 10.6 Å². The van der Waals surface area contributed by atoms with E-state index in [0.717, 1.165) is 16.8 Å². The highest BCUT2D eigenvalue weighted by atomic mass is 127. The molecule has 0 saturated carbocycles. The third kappa shape index (κ3) is 5.29. The van der Waals surface area contributed by atoms with Crippen molar-refractivity contribution in [2.24, 2.45) is 4.99 Å². The minimum Gasteiger partial charge on any atom is -0.352 e.